The Labute approximate surface area is 710 Å². The SMILES string of the molecule is C[C@@H](O)[C@@H]1NC(=O)[C@H](Cc2ccccc2)NC(=O)[C@H]([C@@H](C)O)NC(=O)[C@H](CCCCN)NC(=O)[C@H](Cc2c[nH]c3ccccc23)NC(=O)[C@H](Cc2ccccc2)NC(=O)[C@H](Cc2ccccc2)NC(=O)[C@H](CC(N)=O)NC(=O)[C@H](CCCCN)NC(=O)[C@@H](NC(=O)CNC(=O)[C@@H](N)Cc2ccc(O)cc2)CSSC[C@@H](C(=O)O)NC(=O)[C@H](CO)NC1=O. The highest BCUT2D eigenvalue weighted by molar-refractivity contribution is 8.76. The number of aromatic amines is 1. The van der Waals surface area contributed by atoms with Crippen LogP contribution < -0.4 is 92.1 Å². The number of H-pyrrole nitrogens is 1. The molecule has 0 bridgehead atoms. The number of aliphatic hydroxyl groups is 3. The van der Waals surface area contributed by atoms with Crippen LogP contribution in [0.15, 0.2) is 146 Å². The summed E-state index contributed by atoms with van der Waals surface area (Å²) in [4.78, 5) is 219. The van der Waals surface area contributed by atoms with E-state index in [0.717, 1.165) is 24.6 Å². The lowest BCUT2D eigenvalue weighted by Crippen LogP contribution is -2.63. The third-order valence-corrected chi connectivity index (χ3v) is 22.0. The number of aromatic nitrogens is 1. The molecular weight excluding hydrogens is 1620 g/mol. The molecule has 122 heavy (non-hydrogen) atoms. The van der Waals surface area contributed by atoms with Gasteiger partial charge in [0.2, 0.25) is 82.7 Å². The lowest BCUT2D eigenvalue weighted by Gasteiger charge is -2.29. The van der Waals surface area contributed by atoms with Crippen molar-refractivity contribution in [1.82, 2.24) is 74.1 Å². The number of hydrogen-bond acceptors (Lipinski definition) is 24. The van der Waals surface area contributed by atoms with Crippen LogP contribution in [-0.2, 0) is 104 Å². The maximum absolute atomic E-state index is 15.4. The summed E-state index contributed by atoms with van der Waals surface area (Å²) in [6.07, 6.45) is -3.67. The van der Waals surface area contributed by atoms with E-state index in [1.165, 1.54) is 24.3 Å². The first kappa shape index (κ1) is 97.1. The van der Waals surface area contributed by atoms with Gasteiger partial charge in [-0.2, -0.15) is 0 Å². The molecule has 6 aromatic rings. The molecule has 15 atom stereocenters. The molecule has 38 nitrogen and oxygen atoms in total. The molecule has 5 aromatic carbocycles. The molecule has 1 aliphatic rings. The number of carbonyl (C=O) groups excluding carboxylic acids is 14. The van der Waals surface area contributed by atoms with E-state index in [0.29, 0.717) is 55.9 Å². The summed E-state index contributed by atoms with van der Waals surface area (Å²) in [5.41, 5.74) is 26.7. The number of aliphatic hydroxyl groups excluding tert-OH is 3. The van der Waals surface area contributed by atoms with Crippen LogP contribution in [0.2, 0.25) is 0 Å². The number of nitrogens with two attached hydrogens (primary N) is 4. The van der Waals surface area contributed by atoms with Crippen LogP contribution in [0, 0.1) is 0 Å². The summed E-state index contributed by atoms with van der Waals surface area (Å²) < 4.78 is 0. The van der Waals surface area contributed by atoms with Gasteiger partial charge in [-0.05, 0) is 118 Å². The second-order valence-corrected chi connectivity index (χ2v) is 31.8. The van der Waals surface area contributed by atoms with Gasteiger partial charge in [-0.15, -0.1) is 0 Å². The van der Waals surface area contributed by atoms with Crippen LogP contribution in [0.4, 0.5) is 0 Å². The molecule has 1 aliphatic heterocycles. The zero-order valence-electron chi connectivity index (χ0n) is 67.2. The van der Waals surface area contributed by atoms with Gasteiger partial charge in [-0.25, -0.2) is 4.79 Å². The second-order valence-electron chi connectivity index (χ2n) is 29.3. The highest BCUT2D eigenvalue weighted by Crippen LogP contribution is 2.25. The monoisotopic (exact) mass is 1730 g/mol. The minimum atomic E-state index is -2.00. The Balaban J connectivity index is 1.30. The Morgan fingerprint density at radius 3 is 1.34 bits per heavy atom. The number of amides is 14. The largest absolute Gasteiger partial charge is 0.508 e. The maximum atomic E-state index is 15.4. The van der Waals surface area contributed by atoms with Gasteiger partial charge >= 0.3 is 5.97 Å². The van der Waals surface area contributed by atoms with Crippen LogP contribution >= 0.6 is 21.6 Å². The second kappa shape index (κ2) is 49.6. The van der Waals surface area contributed by atoms with Gasteiger partial charge in [0.1, 0.15) is 78.3 Å². The standard InChI is InChI=1S/C82H108N18O20S2/c1-45(102)68-80(117)96-60(37-49-22-10-5-11-23-49)77(114)100-69(46(2)103)81(118)97-63(42-101)78(115)98-65(82(119)120)44-122-121-43-64(89-67(106)41-88-70(107)54(85)34-50-28-30-52(104)31-29-50)79(116)91-56(26-14-16-32-83)71(108)95-62(39-66(86)105)76(113)93-58(35-47-18-6-3-7-19-47)73(110)92-59(36-48-20-8-4-9-21-48)74(111)94-61(38-51-40-87-55-25-13-12-24-53(51)55)75(112)90-57(72(109)99-68)27-15-17-33-84/h3-13,18-25,28-31,40,45-46,54,56-65,68-69,87,101-104H,14-17,26-27,32-39,41-44,83-85H2,1-2H3,(H2,86,105)(H,88,107)(H,89,106)(H,90,112)(H,91,116)(H,92,110)(H,93,113)(H,94,111)(H,95,108)(H,96,117)(H,97,118)(H,98,115)(H,99,109)(H,100,114)(H,119,120)/t45-,46-,54+,56+,57+,58+,59+,60+,61+,62+,63+,64+,65+,68+,69+/m1/s1. The summed E-state index contributed by atoms with van der Waals surface area (Å²) in [7, 11) is 1.46. The van der Waals surface area contributed by atoms with Crippen LogP contribution in [0.5, 0.6) is 5.75 Å². The van der Waals surface area contributed by atoms with E-state index in [-0.39, 0.29) is 83.0 Å². The molecule has 658 valence electrons. The summed E-state index contributed by atoms with van der Waals surface area (Å²) in [6.45, 7) is 0.429. The summed E-state index contributed by atoms with van der Waals surface area (Å²) in [5, 5.41) is 86.2. The molecule has 1 saturated heterocycles. The predicted molar refractivity (Wildman–Crippen MR) is 451 cm³/mol. The van der Waals surface area contributed by atoms with Gasteiger partial charge < -0.3 is 123 Å². The van der Waals surface area contributed by atoms with E-state index < -0.39 is 210 Å². The molecule has 14 amide bonds. The van der Waals surface area contributed by atoms with Gasteiger partial charge in [0.25, 0.3) is 0 Å². The highest BCUT2D eigenvalue weighted by atomic mass is 33.1. The fraction of sp³-hybridized carbons (Fsp3) is 0.427. The lowest BCUT2D eigenvalue weighted by molar-refractivity contribution is -0.142. The van der Waals surface area contributed by atoms with Crippen molar-refractivity contribution >= 4 is 121 Å². The van der Waals surface area contributed by atoms with Crippen molar-refractivity contribution < 1.29 is 97.5 Å². The Morgan fingerprint density at radius 1 is 0.467 bits per heavy atom. The van der Waals surface area contributed by atoms with Crippen molar-refractivity contribution in [2.75, 3.05) is 37.7 Å². The average Bonchev–Trinajstić information content (AvgIpc) is 1.67. The Kier molecular flexibility index (Phi) is 39.5. The zero-order valence-corrected chi connectivity index (χ0v) is 68.9. The number of para-hydroxylation sites is 1. The van der Waals surface area contributed by atoms with Crippen molar-refractivity contribution in [3.05, 3.63) is 174 Å². The lowest BCUT2D eigenvalue weighted by atomic mass is 10.00. The number of unbranched alkanes of at least 4 members (excludes halogenated alkanes) is 2. The van der Waals surface area contributed by atoms with Gasteiger partial charge in [0.15, 0.2) is 0 Å². The number of hydrogen-bond donors (Lipinski definition) is 23. The van der Waals surface area contributed by atoms with E-state index in [1.807, 2.05) is 0 Å². The van der Waals surface area contributed by atoms with Gasteiger partial charge in [0, 0.05) is 54.3 Å². The average molecular weight is 1730 g/mol. The van der Waals surface area contributed by atoms with Crippen molar-refractivity contribution in [1.29, 1.82) is 0 Å². The van der Waals surface area contributed by atoms with Gasteiger partial charge in [-0.1, -0.05) is 143 Å². The molecule has 1 fully saturated rings. The Morgan fingerprint density at radius 2 is 0.869 bits per heavy atom. The number of rotatable bonds is 28. The number of aromatic hydroxyl groups is 1. The first-order valence-electron chi connectivity index (χ1n) is 39.6. The van der Waals surface area contributed by atoms with Crippen LogP contribution in [0.25, 0.3) is 10.9 Å². The molecule has 40 heteroatoms. The number of carboxylic acids is 1. The highest BCUT2D eigenvalue weighted by Gasteiger charge is 2.40. The van der Waals surface area contributed by atoms with Crippen LogP contribution in [-0.4, -0.2) is 248 Å². The van der Waals surface area contributed by atoms with E-state index in [1.54, 1.807) is 121 Å². The molecule has 1 aromatic heterocycles. The van der Waals surface area contributed by atoms with Gasteiger partial charge in [0.05, 0.1) is 37.8 Å². The molecular formula is C82H108N18O20S2. The van der Waals surface area contributed by atoms with Crippen LogP contribution in [0.3, 0.4) is 0 Å². The number of benzene rings is 5. The van der Waals surface area contributed by atoms with Gasteiger partial charge in [-0.3, -0.25) is 67.1 Å². The number of nitrogens with one attached hydrogen (secondary N) is 14. The Bertz CT molecular complexity index is 4540. The molecule has 27 N–H and O–H groups in total. The molecule has 2 heterocycles. The Hall–Kier alpha value is -12.0. The van der Waals surface area contributed by atoms with Crippen LogP contribution in [0.1, 0.15) is 86.6 Å². The first-order valence-corrected chi connectivity index (χ1v) is 42.1. The van der Waals surface area contributed by atoms with Crippen molar-refractivity contribution in [3.63, 3.8) is 0 Å². The first-order chi connectivity index (χ1) is 58.3. The molecule has 0 unspecified atom stereocenters. The smallest absolute Gasteiger partial charge is 0.327 e. The number of carboxylic acid groups (broad SMARTS) is 1. The quantitative estimate of drug-likeness (QED) is 0.0164. The molecule has 0 radical (unpaired) electrons. The normalized spacial score (nSPS) is 23.0. The van der Waals surface area contributed by atoms with Crippen molar-refractivity contribution in [3.8, 4) is 5.75 Å². The van der Waals surface area contributed by atoms with Crippen molar-refractivity contribution in [2.24, 2.45) is 22.9 Å². The number of fused-ring (bicyclic) bond motifs is 1. The summed E-state index contributed by atoms with van der Waals surface area (Å²) >= 11 is 0. The minimum absolute atomic E-state index is 0.0363. The summed E-state index contributed by atoms with van der Waals surface area (Å²) in [6, 6.07) is 14.9. The molecule has 0 aliphatic carbocycles. The topological polar surface area (TPSA) is 633 Å². The maximum Gasteiger partial charge on any atom is 0.327 e. The predicted octanol–water partition coefficient (Wildman–Crippen LogP) is -3.99. The fourth-order valence-corrected chi connectivity index (χ4v) is 15.2. The zero-order chi connectivity index (χ0) is 89.0. The number of carbonyl (C=O) groups is 15. The third kappa shape index (κ3) is 31.5. The van der Waals surface area contributed by atoms with E-state index >= 15 is 14.4 Å². The molecule has 7 rings (SSSR count). The number of primary amides is 1. The number of aliphatic carboxylic acids is 1. The van der Waals surface area contributed by atoms with E-state index in [2.05, 4.69) is 74.1 Å². The molecule has 0 spiro atoms. The third-order valence-electron chi connectivity index (χ3n) is 19.6. The fourth-order valence-electron chi connectivity index (χ4n) is 12.9. The van der Waals surface area contributed by atoms with Crippen molar-refractivity contribution in [2.45, 2.75) is 182 Å². The minimum Gasteiger partial charge on any atom is -0.508 e. The van der Waals surface area contributed by atoms with E-state index in [9.17, 15) is 83.1 Å². The number of phenolic OH excluding ortho intramolecular Hbond substituents is 1. The van der Waals surface area contributed by atoms with E-state index in [4.69, 9.17) is 22.9 Å². The summed E-state index contributed by atoms with van der Waals surface area (Å²) in [5.74, 6) is -18.1. The molecule has 0 saturated carbocycles. The number of phenols is 1.